The van der Waals surface area contributed by atoms with Gasteiger partial charge in [0.2, 0.25) is 12.0 Å². The Balaban J connectivity index is 1.02. The normalized spacial score (nSPS) is 16.7. The predicted octanol–water partition coefficient (Wildman–Crippen LogP) is 9.90. The van der Waals surface area contributed by atoms with E-state index in [4.69, 9.17) is 37.9 Å². The molecule has 0 aliphatic carbocycles. The number of fused-ring (bicyclic) bond motifs is 2. The number of carbonyl (C=O) groups is 3. The maximum atomic E-state index is 14.5. The lowest BCUT2D eigenvalue weighted by Gasteiger charge is -2.42. The monoisotopic (exact) mass is 878 g/mol. The number of carboxylic acids is 1. The van der Waals surface area contributed by atoms with E-state index >= 15 is 0 Å². The van der Waals surface area contributed by atoms with Crippen molar-refractivity contribution in [3.63, 3.8) is 0 Å². The summed E-state index contributed by atoms with van der Waals surface area (Å²) in [6.07, 6.45) is 0.181. The van der Waals surface area contributed by atoms with Gasteiger partial charge in [0, 0.05) is 31.6 Å². The summed E-state index contributed by atoms with van der Waals surface area (Å²) in [5.41, 5.74) is 8.18. The van der Waals surface area contributed by atoms with Crippen LogP contribution >= 0.6 is 23.2 Å². The first-order valence-electron chi connectivity index (χ1n) is 20.7. The summed E-state index contributed by atoms with van der Waals surface area (Å²) in [4.78, 5) is 44.8. The molecule has 8 rings (SSSR count). The third kappa shape index (κ3) is 9.42. The molecule has 2 amide bonds. The van der Waals surface area contributed by atoms with Crippen LogP contribution in [0.15, 0.2) is 133 Å². The SMILES string of the molecule is CC[C@@H](c1ccccc1)N1Cc2cc3c(cc2C[C@H]1C(=O)N[C@H](Cc1ccc(-c2ccc(C#N)cc2)cc1)C(=O)O)N(C)C(=O)[C@@H](c1ccc(OCc2ccc(Cl)c(Cl)c2)cc1)O3. The van der Waals surface area contributed by atoms with E-state index in [0.717, 1.165) is 38.9 Å². The first-order valence-corrected chi connectivity index (χ1v) is 21.4. The zero-order chi connectivity index (χ0) is 44.2. The molecule has 2 aliphatic rings. The first-order chi connectivity index (χ1) is 30.5. The molecule has 0 saturated heterocycles. The predicted molar refractivity (Wildman–Crippen MR) is 243 cm³/mol. The number of anilines is 1. The Bertz CT molecular complexity index is 2690. The topological polar surface area (TPSA) is 132 Å². The number of likely N-dealkylation sites (N-methyl/N-ethyl adjacent to an activating group) is 1. The molecule has 0 radical (unpaired) electrons. The van der Waals surface area contributed by atoms with Gasteiger partial charge in [0.1, 0.15) is 24.1 Å². The van der Waals surface area contributed by atoms with E-state index in [2.05, 4.69) is 23.2 Å². The van der Waals surface area contributed by atoms with Crippen molar-refractivity contribution < 1.29 is 29.0 Å². The van der Waals surface area contributed by atoms with Crippen LogP contribution in [0.2, 0.25) is 10.0 Å². The fraction of sp³-hybridized carbons (Fsp3) is 0.216. The van der Waals surface area contributed by atoms with Crippen LogP contribution in [0.1, 0.15) is 64.4 Å². The van der Waals surface area contributed by atoms with Crippen LogP contribution < -0.4 is 19.7 Å². The van der Waals surface area contributed by atoms with Gasteiger partial charge in [-0.25, -0.2) is 4.79 Å². The number of amides is 2. The van der Waals surface area contributed by atoms with Crippen molar-refractivity contribution in [2.45, 2.75) is 63.6 Å². The Labute approximate surface area is 376 Å². The number of carbonyl (C=O) groups excluding carboxylic acids is 2. The van der Waals surface area contributed by atoms with E-state index in [-0.39, 0.29) is 30.9 Å². The van der Waals surface area contributed by atoms with Gasteiger partial charge >= 0.3 is 5.97 Å². The van der Waals surface area contributed by atoms with Gasteiger partial charge in [-0.2, -0.15) is 5.26 Å². The summed E-state index contributed by atoms with van der Waals surface area (Å²) in [6.45, 7) is 2.75. The van der Waals surface area contributed by atoms with E-state index in [0.29, 0.717) is 57.7 Å². The third-order valence-corrected chi connectivity index (χ3v) is 12.5. The van der Waals surface area contributed by atoms with Crippen LogP contribution in [0, 0.1) is 11.3 Å². The maximum absolute atomic E-state index is 14.5. The van der Waals surface area contributed by atoms with Crippen LogP contribution in [0.4, 0.5) is 5.69 Å². The molecule has 10 nitrogen and oxygen atoms in total. The van der Waals surface area contributed by atoms with Gasteiger partial charge in [-0.05, 0) is 100 Å². The largest absolute Gasteiger partial charge is 0.489 e. The van der Waals surface area contributed by atoms with Crippen molar-refractivity contribution in [3.8, 4) is 28.7 Å². The van der Waals surface area contributed by atoms with E-state index < -0.39 is 24.2 Å². The highest BCUT2D eigenvalue weighted by atomic mass is 35.5. The average molecular weight is 880 g/mol. The summed E-state index contributed by atoms with van der Waals surface area (Å²) in [5, 5.41) is 23.4. The summed E-state index contributed by atoms with van der Waals surface area (Å²) < 4.78 is 12.5. The summed E-state index contributed by atoms with van der Waals surface area (Å²) in [5.74, 6) is -0.610. The molecule has 0 spiro atoms. The fourth-order valence-corrected chi connectivity index (χ4v) is 8.70. The highest BCUT2D eigenvalue weighted by molar-refractivity contribution is 6.42. The number of nitriles is 1. The van der Waals surface area contributed by atoms with Crippen molar-refractivity contribution >= 4 is 46.7 Å². The molecular formula is C51H44Cl2N4O6. The first kappa shape index (κ1) is 43.0. The highest BCUT2D eigenvalue weighted by Crippen LogP contribution is 2.43. The molecule has 63 heavy (non-hydrogen) atoms. The zero-order valence-corrected chi connectivity index (χ0v) is 36.1. The number of aliphatic carboxylic acids is 1. The second-order valence-electron chi connectivity index (χ2n) is 15.8. The van der Waals surface area contributed by atoms with Gasteiger partial charge in [-0.15, -0.1) is 0 Å². The lowest BCUT2D eigenvalue weighted by atomic mass is 9.88. The van der Waals surface area contributed by atoms with E-state index in [1.807, 2.05) is 97.1 Å². The molecule has 0 fully saturated rings. The molecule has 0 aromatic heterocycles. The third-order valence-electron chi connectivity index (χ3n) is 11.8. The van der Waals surface area contributed by atoms with Crippen molar-refractivity contribution in [2.24, 2.45) is 0 Å². The molecule has 2 aliphatic heterocycles. The Morgan fingerprint density at radius 2 is 1.56 bits per heavy atom. The molecule has 0 bridgehead atoms. The second kappa shape index (κ2) is 18.8. The quantitative estimate of drug-likeness (QED) is 0.117. The molecule has 318 valence electrons. The number of halogens is 2. The zero-order valence-electron chi connectivity index (χ0n) is 34.6. The molecule has 12 heteroatoms. The molecule has 0 unspecified atom stereocenters. The number of benzene rings is 6. The average Bonchev–Trinajstić information content (AvgIpc) is 3.30. The minimum Gasteiger partial charge on any atom is -0.489 e. The Hall–Kier alpha value is -6.64. The standard InChI is InChI=1S/C51H44Cl2N4O6/c1-3-44(36-7-5-4-6-8-36)57-29-39-27-47-45(56(2)50(59)48(63-47)37-18-20-40(21-19-37)62-30-33-13-22-41(52)42(53)23-33)25-38(39)26-46(57)49(58)55-43(51(60)61)24-31-9-14-34(15-10-31)35-16-11-32(28-54)12-17-35/h4-23,25,27,43-44,46,48H,3,24,26,29-30H2,1-2H3,(H,55,58)(H,60,61)/t43-,44+,46+,48-/m1/s1. The molecule has 6 aromatic rings. The lowest BCUT2D eigenvalue weighted by Crippen LogP contribution is -2.55. The Morgan fingerprint density at radius 3 is 2.21 bits per heavy atom. The minimum absolute atomic E-state index is 0.0846. The van der Waals surface area contributed by atoms with E-state index in [9.17, 15) is 19.5 Å². The van der Waals surface area contributed by atoms with Gasteiger partial charge in [0.15, 0.2) is 0 Å². The smallest absolute Gasteiger partial charge is 0.326 e. The Kier molecular flexibility index (Phi) is 12.8. The maximum Gasteiger partial charge on any atom is 0.326 e. The highest BCUT2D eigenvalue weighted by Gasteiger charge is 2.40. The summed E-state index contributed by atoms with van der Waals surface area (Å²) in [7, 11) is 1.72. The Morgan fingerprint density at radius 1 is 0.873 bits per heavy atom. The molecule has 6 aromatic carbocycles. The number of nitrogens with zero attached hydrogens (tertiary/aromatic N) is 3. The van der Waals surface area contributed by atoms with Crippen molar-refractivity contribution in [1.29, 1.82) is 5.26 Å². The van der Waals surface area contributed by atoms with Gasteiger partial charge in [0.05, 0.1) is 33.4 Å². The van der Waals surface area contributed by atoms with E-state index in [1.54, 1.807) is 48.3 Å². The van der Waals surface area contributed by atoms with Gasteiger partial charge in [-0.1, -0.05) is 115 Å². The number of hydrogen-bond donors (Lipinski definition) is 2. The number of carboxylic acid groups (broad SMARTS) is 1. The lowest BCUT2D eigenvalue weighted by molar-refractivity contribution is -0.143. The summed E-state index contributed by atoms with van der Waals surface area (Å²) >= 11 is 12.2. The van der Waals surface area contributed by atoms with Crippen LogP contribution in [0.3, 0.4) is 0 Å². The molecule has 0 saturated carbocycles. The van der Waals surface area contributed by atoms with Crippen LogP contribution in [-0.4, -0.2) is 46.9 Å². The molecular weight excluding hydrogens is 835 g/mol. The van der Waals surface area contributed by atoms with Gasteiger partial charge in [0.25, 0.3) is 5.91 Å². The van der Waals surface area contributed by atoms with Crippen molar-refractivity contribution in [1.82, 2.24) is 10.2 Å². The van der Waals surface area contributed by atoms with Gasteiger partial charge in [-0.3, -0.25) is 14.5 Å². The molecule has 4 atom stereocenters. The molecule has 2 heterocycles. The molecule has 2 N–H and O–H groups in total. The number of hydrogen-bond acceptors (Lipinski definition) is 7. The van der Waals surface area contributed by atoms with Crippen molar-refractivity contribution in [2.75, 3.05) is 11.9 Å². The number of ether oxygens (including phenoxy) is 2. The number of rotatable bonds is 13. The van der Waals surface area contributed by atoms with Crippen molar-refractivity contribution in [3.05, 3.63) is 182 Å². The second-order valence-corrected chi connectivity index (χ2v) is 16.6. The minimum atomic E-state index is -1.18. The summed E-state index contributed by atoms with van der Waals surface area (Å²) in [6, 6.07) is 41.3. The van der Waals surface area contributed by atoms with Crippen LogP contribution in [0.5, 0.6) is 11.5 Å². The van der Waals surface area contributed by atoms with Gasteiger partial charge < -0.3 is 24.8 Å². The number of nitrogens with one attached hydrogen (secondary N) is 1. The van der Waals surface area contributed by atoms with E-state index in [1.165, 1.54) is 0 Å². The van der Waals surface area contributed by atoms with Crippen LogP contribution in [-0.2, 0) is 40.4 Å². The fourth-order valence-electron chi connectivity index (χ4n) is 8.38. The van der Waals surface area contributed by atoms with Crippen LogP contribution in [0.25, 0.3) is 11.1 Å².